The van der Waals surface area contributed by atoms with Crippen LogP contribution >= 0.6 is 0 Å². The van der Waals surface area contributed by atoms with Gasteiger partial charge in [-0.05, 0) is 91.6 Å². The maximum Gasteiger partial charge on any atom is 0.306 e. The van der Waals surface area contributed by atoms with Crippen molar-refractivity contribution < 1.29 is 36.6 Å². The molecule has 1 saturated heterocycles. The highest BCUT2D eigenvalue weighted by molar-refractivity contribution is 7.91. The Kier molecular flexibility index (Phi) is 8.11. The average molecular weight is 609 g/mol. The number of esters is 1. The van der Waals surface area contributed by atoms with Crippen molar-refractivity contribution in [3.8, 4) is 28.4 Å². The standard InChI is InChI=1S/C34H37FO7S/c1-20-13-25(40-17-22-5-4-12-43(37,38)19-22)14-21(2)33(20)27-8-10-29(35)34-28(27)9-11-30(34)42-24-6-7-26-23(15-32(36)39-3)18-41-31(26)16-24/h6-8,10,13-14,16,22-23,30H,4-5,9,11-12,15,17-19H2,1-3H3/t22?,23-,30?/m1/s1. The Bertz CT molecular complexity index is 1640. The number of aryl methyl sites for hydroxylation is 2. The van der Waals surface area contributed by atoms with E-state index in [0.717, 1.165) is 39.8 Å². The lowest BCUT2D eigenvalue weighted by Crippen LogP contribution is -2.29. The Balaban J connectivity index is 1.20. The van der Waals surface area contributed by atoms with Gasteiger partial charge in [-0.15, -0.1) is 0 Å². The summed E-state index contributed by atoms with van der Waals surface area (Å²) in [4.78, 5) is 11.8. The van der Waals surface area contributed by atoms with Gasteiger partial charge in [-0.25, -0.2) is 12.8 Å². The zero-order chi connectivity index (χ0) is 30.3. The second-order valence-corrected chi connectivity index (χ2v) is 14.2. The number of hydrogen-bond acceptors (Lipinski definition) is 7. The highest BCUT2D eigenvalue weighted by Crippen LogP contribution is 2.45. The Morgan fingerprint density at radius 1 is 1.05 bits per heavy atom. The van der Waals surface area contributed by atoms with Gasteiger partial charge in [0.2, 0.25) is 0 Å². The van der Waals surface area contributed by atoms with Gasteiger partial charge in [0.25, 0.3) is 0 Å². The van der Waals surface area contributed by atoms with Crippen molar-refractivity contribution >= 4 is 15.8 Å². The predicted molar refractivity (Wildman–Crippen MR) is 161 cm³/mol. The van der Waals surface area contributed by atoms with Crippen LogP contribution in [0.5, 0.6) is 17.2 Å². The molecule has 1 fully saturated rings. The molecule has 3 aromatic rings. The topological polar surface area (TPSA) is 88.1 Å². The minimum absolute atomic E-state index is 0.00913. The summed E-state index contributed by atoms with van der Waals surface area (Å²) in [7, 11) is -1.60. The Labute approximate surface area is 252 Å². The van der Waals surface area contributed by atoms with Gasteiger partial charge in [0.1, 0.15) is 29.2 Å². The highest BCUT2D eigenvalue weighted by Gasteiger charge is 2.32. The SMILES string of the molecule is COC(=O)C[C@@H]1COc2cc(OC3CCc4c(-c5c(C)cc(OCC6CCCS(=O)(=O)C6)cc5C)ccc(F)c43)ccc21. The summed E-state index contributed by atoms with van der Waals surface area (Å²) >= 11 is 0. The zero-order valence-electron chi connectivity index (χ0n) is 24.8. The third kappa shape index (κ3) is 6.09. The number of hydrogen-bond donors (Lipinski definition) is 0. The molecule has 3 atom stereocenters. The monoisotopic (exact) mass is 608 g/mol. The first-order chi connectivity index (χ1) is 20.6. The van der Waals surface area contributed by atoms with Gasteiger partial charge < -0.3 is 18.9 Å². The van der Waals surface area contributed by atoms with Crippen molar-refractivity contribution in [3.63, 3.8) is 0 Å². The van der Waals surface area contributed by atoms with Gasteiger partial charge in [0.15, 0.2) is 9.84 Å². The maximum absolute atomic E-state index is 15.4. The predicted octanol–water partition coefficient (Wildman–Crippen LogP) is 6.42. The Morgan fingerprint density at radius 2 is 1.84 bits per heavy atom. The van der Waals surface area contributed by atoms with Gasteiger partial charge in [0.05, 0.1) is 38.3 Å². The number of halogens is 1. The zero-order valence-corrected chi connectivity index (χ0v) is 25.6. The van der Waals surface area contributed by atoms with Gasteiger partial charge in [-0.1, -0.05) is 12.1 Å². The van der Waals surface area contributed by atoms with Crippen molar-refractivity contribution in [2.45, 2.75) is 58.0 Å². The number of fused-ring (bicyclic) bond motifs is 2. The van der Waals surface area contributed by atoms with E-state index in [1.54, 1.807) is 0 Å². The third-order valence-corrected chi connectivity index (χ3v) is 10.8. The quantitative estimate of drug-likeness (QED) is 0.273. The number of benzene rings is 3. The molecule has 6 rings (SSSR count). The molecule has 2 heterocycles. The van der Waals surface area contributed by atoms with Crippen molar-refractivity contribution in [1.82, 2.24) is 0 Å². The molecule has 1 aliphatic carbocycles. The summed E-state index contributed by atoms with van der Waals surface area (Å²) < 4.78 is 62.4. The summed E-state index contributed by atoms with van der Waals surface area (Å²) in [6.07, 6.45) is 2.69. The largest absolute Gasteiger partial charge is 0.493 e. The Hall–Kier alpha value is -3.59. The van der Waals surface area contributed by atoms with E-state index in [2.05, 4.69) is 0 Å². The summed E-state index contributed by atoms with van der Waals surface area (Å²) in [6.45, 7) is 4.83. The minimum atomic E-state index is -2.98. The number of ether oxygens (including phenoxy) is 4. The van der Waals surface area contributed by atoms with Crippen LogP contribution in [0.25, 0.3) is 11.1 Å². The first kappa shape index (κ1) is 29.5. The van der Waals surface area contributed by atoms with E-state index in [0.29, 0.717) is 55.3 Å². The molecule has 2 unspecified atom stereocenters. The summed E-state index contributed by atoms with van der Waals surface area (Å²) in [5.41, 5.74) is 6.55. The van der Waals surface area contributed by atoms with E-state index >= 15 is 4.39 Å². The first-order valence-electron chi connectivity index (χ1n) is 14.9. The lowest BCUT2D eigenvalue weighted by atomic mass is 9.90. The van der Waals surface area contributed by atoms with E-state index < -0.39 is 15.9 Å². The number of rotatable bonds is 8. The number of carbonyl (C=O) groups is 1. The molecule has 2 aliphatic heterocycles. The van der Waals surface area contributed by atoms with Crippen molar-refractivity contribution in [1.29, 1.82) is 0 Å². The van der Waals surface area contributed by atoms with Crippen LogP contribution in [0.15, 0.2) is 42.5 Å². The summed E-state index contributed by atoms with van der Waals surface area (Å²) in [5.74, 6) is 1.83. The number of carbonyl (C=O) groups excluding carboxylic acids is 1. The van der Waals surface area contributed by atoms with E-state index in [1.807, 2.05) is 50.2 Å². The van der Waals surface area contributed by atoms with Gasteiger partial charge >= 0.3 is 5.97 Å². The van der Waals surface area contributed by atoms with Crippen LogP contribution in [-0.2, 0) is 25.8 Å². The molecule has 0 saturated carbocycles. The van der Waals surface area contributed by atoms with E-state index in [-0.39, 0.29) is 41.5 Å². The Morgan fingerprint density at radius 3 is 2.58 bits per heavy atom. The second-order valence-electron chi connectivity index (χ2n) is 12.0. The molecule has 9 heteroatoms. The summed E-state index contributed by atoms with van der Waals surface area (Å²) in [6, 6.07) is 12.9. The molecule has 7 nitrogen and oxygen atoms in total. The maximum atomic E-state index is 15.4. The molecular formula is C34H37FO7S. The van der Waals surface area contributed by atoms with E-state index in [1.165, 1.54) is 13.2 Å². The van der Waals surface area contributed by atoms with Crippen LogP contribution in [0.3, 0.4) is 0 Å². The highest BCUT2D eigenvalue weighted by atomic mass is 32.2. The summed E-state index contributed by atoms with van der Waals surface area (Å²) in [5, 5.41) is 0. The van der Waals surface area contributed by atoms with Gasteiger partial charge in [0, 0.05) is 29.0 Å². The molecule has 3 aromatic carbocycles. The molecule has 0 aromatic heterocycles. The molecule has 228 valence electrons. The molecular weight excluding hydrogens is 571 g/mol. The lowest BCUT2D eigenvalue weighted by Gasteiger charge is -2.23. The molecule has 0 bridgehead atoms. The average Bonchev–Trinajstić information content (AvgIpc) is 3.57. The fourth-order valence-electron chi connectivity index (χ4n) is 6.87. The fourth-order valence-corrected chi connectivity index (χ4v) is 8.62. The van der Waals surface area contributed by atoms with Crippen molar-refractivity contribution in [3.05, 3.63) is 76.1 Å². The smallest absolute Gasteiger partial charge is 0.306 e. The van der Waals surface area contributed by atoms with Crippen LogP contribution in [0, 0.1) is 25.6 Å². The van der Waals surface area contributed by atoms with E-state index in [4.69, 9.17) is 18.9 Å². The molecule has 0 radical (unpaired) electrons. The minimum Gasteiger partial charge on any atom is -0.493 e. The molecule has 3 aliphatic rings. The third-order valence-electron chi connectivity index (χ3n) is 8.88. The lowest BCUT2D eigenvalue weighted by molar-refractivity contribution is -0.141. The normalized spacial score (nSPS) is 21.9. The number of methoxy groups -OCH3 is 1. The van der Waals surface area contributed by atoms with Crippen LogP contribution in [0.4, 0.5) is 4.39 Å². The van der Waals surface area contributed by atoms with Crippen molar-refractivity contribution in [2.75, 3.05) is 31.8 Å². The van der Waals surface area contributed by atoms with Crippen LogP contribution in [-0.4, -0.2) is 46.2 Å². The molecule has 0 amide bonds. The van der Waals surface area contributed by atoms with Gasteiger partial charge in [-0.3, -0.25) is 4.79 Å². The van der Waals surface area contributed by atoms with Crippen LogP contribution < -0.4 is 14.2 Å². The molecule has 0 N–H and O–H groups in total. The first-order valence-corrected chi connectivity index (χ1v) is 16.7. The van der Waals surface area contributed by atoms with Crippen molar-refractivity contribution in [2.24, 2.45) is 5.92 Å². The number of sulfone groups is 1. The van der Waals surface area contributed by atoms with Crippen LogP contribution in [0.2, 0.25) is 0 Å². The molecule has 43 heavy (non-hydrogen) atoms. The van der Waals surface area contributed by atoms with Crippen LogP contribution in [0.1, 0.15) is 65.5 Å². The van der Waals surface area contributed by atoms with Gasteiger partial charge in [-0.2, -0.15) is 0 Å². The van der Waals surface area contributed by atoms with E-state index in [9.17, 15) is 13.2 Å². The molecule has 0 spiro atoms. The second kappa shape index (κ2) is 11.8. The fraction of sp³-hybridized carbons (Fsp3) is 0.441.